The Labute approximate surface area is 81.9 Å². The van der Waals surface area contributed by atoms with E-state index in [0.29, 0.717) is 0 Å². The largest absolute Gasteiger partial charge is 0.449 e. The maximum absolute atomic E-state index is 10.7. The summed E-state index contributed by atoms with van der Waals surface area (Å²) in [5, 5.41) is 0. The quantitative estimate of drug-likeness (QED) is 0.354. The second-order valence-electron chi connectivity index (χ2n) is 1.96. The second-order valence-corrected chi connectivity index (χ2v) is 1.96. The highest BCUT2D eigenvalue weighted by atomic mass is 16.5. The number of esters is 2. The van der Waals surface area contributed by atoms with Crippen LogP contribution in [-0.2, 0) is 19.1 Å². The molecule has 0 atom stereocenters. The Balaban J connectivity index is 3.82. The van der Waals surface area contributed by atoms with Gasteiger partial charge in [-0.15, -0.1) is 12.8 Å². The molecular formula is C10H8O4. The van der Waals surface area contributed by atoms with Crippen molar-refractivity contribution in [1.82, 2.24) is 0 Å². The summed E-state index contributed by atoms with van der Waals surface area (Å²) in [7, 11) is 0. The fraction of sp³-hybridized carbons (Fsp3) is 0.200. The zero-order valence-corrected chi connectivity index (χ0v) is 7.36. The van der Waals surface area contributed by atoms with Gasteiger partial charge < -0.3 is 9.47 Å². The maximum Gasteiger partial charge on any atom is 0.331 e. The van der Waals surface area contributed by atoms with Crippen molar-refractivity contribution in [2.75, 3.05) is 13.2 Å². The minimum Gasteiger partial charge on any atom is -0.449 e. The van der Waals surface area contributed by atoms with Crippen molar-refractivity contribution in [2.45, 2.75) is 0 Å². The summed E-state index contributed by atoms with van der Waals surface area (Å²) in [5.74, 6) is 2.79. The van der Waals surface area contributed by atoms with E-state index in [1.54, 1.807) is 0 Å². The first-order valence-electron chi connectivity index (χ1n) is 3.59. The molecule has 0 saturated heterocycles. The van der Waals surface area contributed by atoms with Gasteiger partial charge in [-0.25, -0.2) is 9.59 Å². The third kappa shape index (κ3) is 6.51. The van der Waals surface area contributed by atoms with Crippen LogP contribution < -0.4 is 0 Å². The van der Waals surface area contributed by atoms with E-state index in [9.17, 15) is 9.59 Å². The van der Waals surface area contributed by atoms with E-state index in [1.807, 2.05) is 0 Å². The summed E-state index contributed by atoms with van der Waals surface area (Å²) in [6, 6.07) is 0. The van der Waals surface area contributed by atoms with Crippen LogP contribution in [0.3, 0.4) is 0 Å². The van der Waals surface area contributed by atoms with Gasteiger partial charge in [0.2, 0.25) is 0 Å². The van der Waals surface area contributed by atoms with Crippen molar-refractivity contribution in [3.8, 4) is 24.7 Å². The number of carbonyl (C=O) groups is 2. The summed E-state index contributed by atoms with van der Waals surface area (Å²) < 4.78 is 8.87. The zero-order chi connectivity index (χ0) is 10.8. The molecule has 0 N–H and O–H groups in total. The molecule has 0 aromatic rings. The van der Waals surface area contributed by atoms with Crippen molar-refractivity contribution in [2.24, 2.45) is 0 Å². The lowest BCUT2D eigenvalue weighted by Crippen LogP contribution is -2.04. The van der Waals surface area contributed by atoms with Gasteiger partial charge in [-0.05, 0) is 0 Å². The van der Waals surface area contributed by atoms with Crippen LogP contribution in [0.1, 0.15) is 0 Å². The molecule has 0 aromatic heterocycles. The number of terminal acetylenes is 2. The summed E-state index contributed by atoms with van der Waals surface area (Å²) in [6.45, 7) is -0.273. The normalized spacial score (nSPS) is 8.71. The van der Waals surface area contributed by atoms with Crippen LogP contribution in [0.15, 0.2) is 12.2 Å². The van der Waals surface area contributed by atoms with Gasteiger partial charge in [0.05, 0.1) is 0 Å². The number of hydrogen-bond acceptors (Lipinski definition) is 4. The Morgan fingerprint density at radius 2 is 1.36 bits per heavy atom. The molecule has 0 rings (SSSR count). The molecule has 0 aromatic carbocycles. The molecule has 0 amide bonds. The first-order chi connectivity index (χ1) is 6.70. The second kappa shape index (κ2) is 7.45. The number of hydrogen-bond donors (Lipinski definition) is 0. The molecule has 4 heteroatoms. The number of ether oxygens (including phenoxy) is 2. The maximum atomic E-state index is 10.7. The van der Waals surface area contributed by atoms with E-state index in [4.69, 9.17) is 12.8 Å². The zero-order valence-electron chi connectivity index (χ0n) is 7.36. The Bertz CT molecular complexity index is 282. The van der Waals surface area contributed by atoms with E-state index in [0.717, 1.165) is 12.2 Å². The van der Waals surface area contributed by atoms with Gasteiger partial charge in [0.15, 0.2) is 13.2 Å². The van der Waals surface area contributed by atoms with Gasteiger partial charge in [0.1, 0.15) is 0 Å². The minimum atomic E-state index is -0.708. The predicted octanol–water partition coefficient (Wildman–Crippen LogP) is -0.105. The molecule has 0 fully saturated rings. The van der Waals surface area contributed by atoms with Gasteiger partial charge in [0.25, 0.3) is 0 Å². The van der Waals surface area contributed by atoms with Crippen LogP contribution in [0, 0.1) is 24.7 Å². The van der Waals surface area contributed by atoms with Crippen LogP contribution in [0.25, 0.3) is 0 Å². The summed E-state index contributed by atoms with van der Waals surface area (Å²) >= 11 is 0. The highest BCUT2D eigenvalue weighted by Gasteiger charge is 1.98. The van der Waals surface area contributed by atoms with E-state index in [2.05, 4.69) is 21.3 Å². The molecule has 0 aliphatic heterocycles. The molecule has 0 aliphatic carbocycles. The van der Waals surface area contributed by atoms with Crippen LogP contribution in [0.4, 0.5) is 0 Å². The molecule has 14 heavy (non-hydrogen) atoms. The highest BCUT2D eigenvalue weighted by Crippen LogP contribution is 1.84. The van der Waals surface area contributed by atoms with Crippen LogP contribution in [0.5, 0.6) is 0 Å². The molecule has 0 radical (unpaired) electrons. The van der Waals surface area contributed by atoms with Crippen LogP contribution in [0.2, 0.25) is 0 Å². The fourth-order valence-corrected chi connectivity index (χ4v) is 0.458. The Morgan fingerprint density at radius 1 is 1.00 bits per heavy atom. The van der Waals surface area contributed by atoms with Crippen molar-refractivity contribution >= 4 is 11.9 Å². The lowest BCUT2D eigenvalue weighted by Gasteiger charge is -1.95. The number of carbonyl (C=O) groups excluding carboxylic acids is 2. The topological polar surface area (TPSA) is 52.6 Å². The van der Waals surface area contributed by atoms with E-state index in [1.165, 1.54) is 0 Å². The Morgan fingerprint density at radius 3 is 1.64 bits per heavy atom. The predicted molar refractivity (Wildman–Crippen MR) is 48.7 cm³/mol. The molecule has 0 unspecified atom stereocenters. The molecule has 0 aliphatic rings. The van der Waals surface area contributed by atoms with Gasteiger partial charge >= 0.3 is 11.9 Å². The summed E-state index contributed by atoms with van der Waals surface area (Å²) in [5.41, 5.74) is 0. The molecule has 0 saturated carbocycles. The smallest absolute Gasteiger partial charge is 0.331 e. The third-order valence-electron chi connectivity index (χ3n) is 0.951. The van der Waals surface area contributed by atoms with Gasteiger partial charge in [-0.3, -0.25) is 0 Å². The molecular weight excluding hydrogens is 184 g/mol. The molecule has 0 spiro atoms. The number of rotatable bonds is 4. The monoisotopic (exact) mass is 192 g/mol. The molecule has 4 nitrogen and oxygen atoms in total. The standard InChI is InChI=1S/C10H8O4/c1-3-7-13-9(11)5-6-10(12)14-8-4-2/h1-2,5-6H,7-8H2. The third-order valence-corrected chi connectivity index (χ3v) is 0.951. The first-order valence-corrected chi connectivity index (χ1v) is 3.59. The van der Waals surface area contributed by atoms with Crippen molar-refractivity contribution < 1.29 is 19.1 Å². The van der Waals surface area contributed by atoms with Crippen molar-refractivity contribution in [3.63, 3.8) is 0 Å². The van der Waals surface area contributed by atoms with E-state index >= 15 is 0 Å². The van der Waals surface area contributed by atoms with Gasteiger partial charge in [0, 0.05) is 12.2 Å². The van der Waals surface area contributed by atoms with E-state index < -0.39 is 11.9 Å². The Hall–Kier alpha value is -2.20. The SMILES string of the molecule is C#CCOC(=O)C=CC(=O)OCC#C. The van der Waals surface area contributed by atoms with Gasteiger partial charge in [-0.2, -0.15) is 0 Å². The van der Waals surface area contributed by atoms with Gasteiger partial charge in [-0.1, -0.05) is 11.8 Å². The lowest BCUT2D eigenvalue weighted by molar-refractivity contribution is -0.139. The Kier molecular flexibility index (Phi) is 6.28. The fourth-order valence-electron chi connectivity index (χ4n) is 0.458. The van der Waals surface area contributed by atoms with Crippen LogP contribution in [-0.4, -0.2) is 25.2 Å². The summed E-state index contributed by atoms with van der Waals surface area (Å²) in [4.78, 5) is 21.5. The molecule has 72 valence electrons. The first kappa shape index (κ1) is 11.8. The highest BCUT2D eigenvalue weighted by molar-refractivity contribution is 5.91. The van der Waals surface area contributed by atoms with Crippen molar-refractivity contribution in [1.29, 1.82) is 0 Å². The average molecular weight is 192 g/mol. The molecule has 0 heterocycles. The molecule has 0 bridgehead atoms. The van der Waals surface area contributed by atoms with Crippen molar-refractivity contribution in [3.05, 3.63) is 12.2 Å². The van der Waals surface area contributed by atoms with Crippen LogP contribution >= 0.6 is 0 Å². The van der Waals surface area contributed by atoms with E-state index in [-0.39, 0.29) is 13.2 Å². The summed E-state index contributed by atoms with van der Waals surface area (Å²) in [6.07, 6.45) is 11.5. The minimum absolute atomic E-state index is 0.136. The average Bonchev–Trinajstić information content (AvgIpc) is 2.20. The lowest BCUT2D eigenvalue weighted by atomic mass is 10.5.